The second-order valence-corrected chi connectivity index (χ2v) is 7.40. The van der Waals surface area contributed by atoms with Gasteiger partial charge in [-0.05, 0) is 60.9 Å². The average Bonchev–Trinajstić information content (AvgIpc) is 2.79. The molecule has 0 aromatic heterocycles. The van der Waals surface area contributed by atoms with E-state index in [9.17, 15) is 14.9 Å². The van der Waals surface area contributed by atoms with E-state index in [-0.39, 0.29) is 18.2 Å². The molecule has 3 rings (SSSR count). The number of hydrogen-bond acceptors (Lipinski definition) is 6. The molecule has 3 aromatic rings. The van der Waals surface area contributed by atoms with E-state index >= 15 is 0 Å². The van der Waals surface area contributed by atoms with Gasteiger partial charge in [0.05, 0.1) is 22.8 Å². The summed E-state index contributed by atoms with van der Waals surface area (Å²) in [7, 11) is 0. The fourth-order valence-electron chi connectivity index (χ4n) is 2.99. The first kappa shape index (κ1) is 23.7. The van der Waals surface area contributed by atoms with Gasteiger partial charge in [-0.3, -0.25) is 14.9 Å². The van der Waals surface area contributed by atoms with Crippen LogP contribution in [0.4, 0.5) is 5.69 Å². The zero-order valence-corrected chi connectivity index (χ0v) is 18.8. The first-order valence-electron chi connectivity index (χ1n) is 10.1. The van der Waals surface area contributed by atoms with Crippen LogP contribution in [0.5, 0.6) is 11.5 Å². The number of nitro groups is 1. The fourth-order valence-corrected chi connectivity index (χ4v) is 3.26. The Labute approximate surface area is 195 Å². The summed E-state index contributed by atoms with van der Waals surface area (Å²) >= 11 is 6.42. The van der Waals surface area contributed by atoms with Gasteiger partial charge in [0.2, 0.25) is 0 Å². The van der Waals surface area contributed by atoms with Gasteiger partial charge in [0.15, 0.2) is 11.5 Å². The van der Waals surface area contributed by atoms with Gasteiger partial charge in [0.25, 0.3) is 11.6 Å². The van der Waals surface area contributed by atoms with Crippen LogP contribution in [-0.2, 0) is 6.61 Å². The van der Waals surface area contributed by atoms with Crippen LogP contribution in [0.3, 0.4) is 0 Å². The van der Waals surface area contributed by atoms with Crippen LogP contribution in [0.15, 0.2) is 65.8 Å². The number of benzene rings is 3. The molecule has 1 amide bonds. The summed E-state index contributed by atoms with van der Waals surface area (Å²) in [5.41, 5.74) is 5.24. The van der Waals surface area contributed by atoms with Crippen molar-refractivity contribution in [1.29, 1.82) is 0 Å². The van der Waals surface area contributed by atoms with Gasteiger partial charge in [-0.25, -0.2) is 5.43 Å². The molecule has 0 bridgehead atoms. The van der Waals surface area contributed by atoms with Crippen LogP contribution >= 0.6 is 11.6 Å². The highest BCUT2D eigenvalue weighted by Crippen LogP contribution is 2.37. The molecule has 3 aromatic carbocycles. The first-order valence-corrected chi connectivity index (χ1v) is 10.5. The van der Waals surface area contributed by atoms with Gasteiger partial charge in [-0.2, -0.15) is 5.10 Å². The number of ether oxygens (including phenoxy) is 2. The predicted molar refractivity (Wildman–Crippen MR) is 126 cm³/mol. The van der Waals surface area contributed by atoms with Crippen molar-refractivity contribution in [3.05, 3.63) is 98.1 Å². The summed E-state index contributed by atoms with van der Waals surface area (Å²) < 4.78 is 11.5. The third-order valence-electron chi connectivity index (χ3n) is 4.63. The Hall–Kier alpha value is -3.91. The second-order valence-electron chi connectivity index (χ2n) is 6.99. The second kappa shape index (κ2) is 11.1. The van der Waals surface area contributed by atoms with Crippen molar-refractivity contribution in [2.45, 2.75) is 20.5 Å². The Morgan fingerprint density at radius 3 is 2.55 bits per heavy atom. The molecule has 0 spiro atoms. The fraction of sp³-hybridized carbons (Fsp3) is 0.167. The summed E-state index contributed by atoms with van der Waals surface area (Å²) in [5, 5.41) is 15.1. The molecule has 9 heteroatoms. The normalized spacial score (nSPS) is 10.8. The molecule has 0 atom stereocenters. The highest BCUT2D eigenvalue weighted by Gasteiger charge is 2.13. The van der Waals surface area contributed by atoms with Gasteiger partial charge in [-0.1, -0.05) is 29.8 Å². The average molecular weight is 468 g/mol. The van der Waals surface area contributed by atoms with E-state index in [1.165, 1.54) is 18.3 Å². The molecule has 170 valence electrons. The summed E-state index contributed by atoms with van der Waals surface area (Å²) in [4.78, 5) is 22.6. The Morgan fingerprint density at radius 2 is 1.88 bits per heavy atom. The zero-order valence-electron chi connectivity index (χ0n) is 18.1. The quantitative estimate of drug-likeness (QED) is 0.261. The van der Waals surface area contributed by atoms with Gasteiger partial charge < -0.3 is 9.47 Å². The minimum atomic E-state index is -0.460. The van der Waals surface area contributed by atoms with Crippen LogP contribution < -0.4 is 14.9 Å². The standard InChI is InChI=1S/C24H22ClN3O5/c1-3-32-22-13-18(14-26-27-24(29)20-7-5-4-6-16(20)2)12-21(25)23(22)33-15-17-8-10-19(11-9-17)28(30)31/h4-14H,3,15H2,1-2H3,(H,27,29)/b26-14-. The maximum absolute atomic E-state index is 12.3. The monoisotopic (exact) mass is 467 g/mol. The summed E-state index contributed by atoms with van der Waals surface area (Å²) in [5.74, 6) is 0.445. The lowest BCUT2D eigenvalue weighted by atomic mass is 10.1. The molecule has 0 radical (unpaired) electrons. The summed E-state index contributed by atoms with van der Waals surface area (Å²) in [6, 6.07) is 16.6. The highest BCUT2D eigenvalue weighted by molar-refractivity contribution is 6.32. The lowest BCUT2D eigenvalue weighted by Gasteiger charge is -2.14. The van der Waals surface area contributed by atoms with Crippen molar-refractivity contribution >= 4 is 29.4 Å². The SMILES string of the molecule is CCOc1cc(/C=N\NC(=O)c2ccccc2C)cc(Cl)c1OCc1ccc([N+](=O)[O-])cc1. The van der Waals surface area contributed by atoms with E-state index in [1.807, 2.05) is 26.0 Å². The minimum absolute atomic E-state index is 0.00458. The van der Waals surface area contributed by atoms with Gasteiger partial charge >= 0.3 is 0 Å². The largest absolute Gasteiger partial charge is 0.490 e. The van der Waals surface area contributed by atoms with Crippen LogP contribution in [0, 0.1) is 17.0 Å². The number of hydrogen-bond donors (Lipinski definition) is 1. The molecule has 8 nitrogen and oxygen atoms in total. The number of nitrogens with zero attached hydrogens (tertiary/aromatic N) is 2. The third-order valence-corrected chi connectivity index (χ3v) is 4.91. The van der Waals surface area contributed by atoms with E-state index < -0.39 is 4.92 Å². The minimum Gasteiger partial charge on any atom is -0.490 e. The van der Waals surface area contributed by atoms with Crippen molar-refractivity contribution in [3.8, 4) is 11.5 Å². The molecule has 0 aliphatic carbocycles. The maximum atomic E-state index is 12.3. The van der Waals surface area contributed by atoms with Crippen molar-refractivity contribution in [1.82, 2.24) is 5.43 Å². The number of carbonyl (C=O) groups excluding carboxylic acids is 1. The molecule has 0 aliphatic rings. The molecule has 0 saturated carbocycles. The Morgan fingerprint density at radius 1 is 1.15 bits per heavy atom. The number of carbonyl (C=O) groups is 1. The molecule has 0 aliphatic heterocycles. The number of nitrogens with one attached hydrogen (secondary N) is 1. The van der Waals surface area contributed by atoms with E-state index in [4.69, 9.17) is 21.1 Å². The van der Waals surface area contributed by atoms with Crippen LogP contribution in [-0.4, -0.2) is 23.7 Å². The van der Waals surface area contributed by atoms with Crippen LogP contribution in [0.2, 0.25) is 5.02 Å². The first-order chi connectivity index (χ1) is 15.9. The van der Waals surface area contributed by atoms with E-state index in [0.29, 0.717) is 34.3 Å². The van der Waals surface area contributed by atoms with E-state index in [1.54, 1.807) is 36.4 Å². The topological polar surface area (TPSA) is 103 Å². The van der Waals surface area contributed by atoms with E-state index in [2.05, 4.69) is 10.5 Å². The predicted octanol–water partition coefficient (Wildman–Crippen LogP) is 5.30. The van der Waals surface area contributed by atoms with Crippen molar-refractivity contribution in [3.63, 3.8) is 0 Å². The Bertz CT molecular complexity index is 1180. The van der Waals surface area contributed by atoms with Gasteiger partial charge in [0.1, 0.15) is 6.61 Å². The van der Waals surface area contributed by atoms with Crippen molar-refractivity contribution in [2.75, 3.05) is 6.61 Å². The van der Waals surface area contributed by atoms with Crippen molar-refractivity contribution < 1.29 is 19.2 Å². The molecule has 0 heterocycles. The zero-order chi connectivity index (χ0) is 23.8. The molecular formula is C24H22ClN3O5. The molecule has 1 N–H and O–H groups in total. The summed E-state index contributed by atoms with van der Waals surface area (Å²) in [6.07, 6.45) is 1.46. The highest BCUT2D eigenvalue weighted by atomic mass is 35.5. The number of nitro benzene ring substituents is 1. The Kier molecular flexibility index (Phi) is 7.99. The number of amides is 1. The third kappa shape index (κ3) is 6.30. The maximum Gasteiger partial charge on any atom is 0.271 e. The number of aryl methyl sites for hydroxylation is 1. The van der Waals surface area contributed by atoms with Gasteiger partial charge in [-0.15, -0.1) is 0 Å². The summed E-state index contributed by atoms with van der Waals surface area (Å²) in [6.45, 7) is 4.21. The molecule has 0 fully saturated rings. The number of halogens is 1. The molecular weight excluding hydrogens is 446 g/mol. The number of rotatable bonds is 9. The number of non-ortho nitro benzene ring substituents is 1. The Balaban J connectivity index is 1.72. The van der Waals surface area contributed by atoms with Crippen molar-refractivity contribution in [2.24, 2.45) is 5.10 Å². The molecule has 33 heavy (non-hydrogen) atoms. The lowest BCUT2D eigenvalue weighted by Crippen LogP contribution is -2.18. The smallest absolute Gasteiger partial charge is 0.271 e. The van der Waals surface area contributed by atoms with Crippen LogP contribution in [0.25, 0.3) is 0 Å². The van der Waals surface area contributed by atoms with E-state index in [0.717, 1.165) is 11.1 Å². The lowest BCUT2D eigenvalue weighted by molar-refractivity contribution is -0.384. The molecule has 0 unspecified atom stereocenters. The van der Waals surface area contributed by atoms with Gasteiger partial charge in [0, 0.05) is 17.7 Å². The van der Waals surface area contributed by atoms with Crippen LogP contribution in [0.1, 0.15) is 34.0 Å². The molecule has 0 saturated heterocycles. The number of hydrazone groups is 1.